The summed E-state index contributed by atoms with van der Waals surface area (Å²) in [5.41, 5.74) is 1.13. The minimum Gasteiger partial charge on any atom is -0.391 e. The number of nitro benzene ring substituents is 1. The van der Waals surface area contributed by atoms with Crippen LogP contribution in [0.4, 0.5) is 11.4 Å². The average Bonchev–Trinajstić information content (AvgIpc) is 2.48. The van der Waals surface area contributed by atoms with Crippen molar-refractivity contribution >= 4 is 23.0 Å². The van der Waals surface area contributed by atoms with Crippen molar-refractivity contribution in [1.29, 1.82) is 0 Å². The maximum absolute atomic E-state index is 10.8. The number of nitro groups is 1. The highest BCUT2D eigenvalue weighted by Crippen LogP contribution is 2.30. The molecule has 1 fully saturated rings. The lowest BCUT2D eigenvalue weighted by molar-refractivity contribution is -0.385. The van der Waals surface area contributed by atoms with Crippen LogP contribution in [0.1, 0.15) is 18.4 Å². The number of benzene rings is 1. The van der Waals surface area contributed by atoms with Crippen LogP contribution in [0.3, 0.4) is 0 Å². The molecule has 0 bridgehead atoms. The normalized spacial score (nSPS) is 17.5. The predicted octanol–water partition coefficient (Wildman–Crippen LogP) is 2.76. The number of rotatable bonds is 5. The van der Waals surface area contributed by atoms with Gasteiger partial charge in [-0.2, -0.15) is 0 Å². The van der Waals surface area contributed by atoms with Crippen molar-refractivity contribution < 1.29 is 14.8 Å². The van der Waals surface area contributed by atoms with Crippen LogP contribution in [0, 0.1) is 23.0 Å². The number of hydrogen-bond acceptors (Lipinski definition) is 5. The van der Waals surface area contributed by atoms with Crippen molar-refractivity contribution in [2.45, 2.75) is 25.9 Å². The maximum atomic E-state index is 10.8. The molecule has 2 rings (SSSR count). The molecule has 1 unspecified atom stereocenters. The molecule has 0 aliphatic carbocycles. The van der Waals surface area contributed by atoms with Crippen molar-refractivity contribution in [3.05, 3.63) is 32.8 Å². The second kappa shape index (κ2) is 7.06. The van der Waals surface area contributed by atoms with E-state index in [0.717, 1.165) is 12.8 Å². The summed E-state index contributed by atoms with van der Waals surface area (Å²) >= 11 is 6.05. The van der Waals surface area contributed by atoms with Gasteiger partial charge in [0.25, 0.3) is 5.69 Å². The van der Waals surface area contributed by atoms with E-state index in [9.17, 15) is 15.2 Å². The van der Waals surface area contributed by atoms with Crippen molar-refractivity contribution in [2.24, 2.45) is 5.92 Å². The summed E-state index contributed by atoms with van der Waals surface area (Å²) in [6.45, 7) is 3.38. The molecule has 21 heavy (non-hydrogen) atoms. The first-order chi connectivity index (χ1) is 9.99. The highest BCUT2D eigenvalue weighted by Gasteiger charge is 2.22. The molecule has 2 N–H and O–H groups in total. The average molecular weight is 315 g/mol. The molecule has 116 valence electrons. The van der Waals surface area contributed by atoms with E-state index in [2.05, 4.69) is 5.32 Å². The Morgan fingerprint density at radius 3 is 2.81 bits per heavy atom. The third-order valence-electron chi connectivity index (χ3n) is 3.79. The molecule has 0 amide bonds. The maximum Gasteiger partial charge on any atom is 0.273 e. The zero-order chi connectivity index (χ0) is 15.4. The number of hydrogen-bond donors (Lipinski definition) is 2. The highest BCUT2D eigenvalue weighted by atomic mass is 35.5. The fraction of sp³-hybridized carbons (Fsp3) is 0.571. The number of ether oxygens (including phenoxy) is 1. The van der Waals surface area contributed by atoms with E-state index in [1.54, 1.807) is 13.0 Å². The van der Waals surface area contributed by atoms with Crippen molar-refractivity contribution in [1.82, 2.24) is 0 Å². The Morgan fingerprint density at radius 2 is 2.19 bits per heavy atom. The standard InChI is InChI=1S/C14H19ClN2O4/c1-9-6-12(11(15)7-13(9)17(19)20)16-8-14(18)10-2-4-21-5-3-10/h6-7,10,14,16,18H,2-5,8H2,1H3. The Balaban J connectivity index is 1.99. The second-order valence-electron chi connectivity index (χ2n) is 5.27. The summed E-state index contributed by atoms with van der Waals surface area (Å²) in [5, 5.41) is 24.4. The van der Waals surface area contributed by atoms with Gasteiger partial charge in [-0.1, -0.05) is 11.6 Å². The van der Waals surface area contributed by atoms with Crippen molar-refractivity contribution in [3.8, 4) is 0 Å². The van der Waals surface area contributed by atoms with Gasteiger partial charge in [-0.05, 0) is 31.7 Å². The summed E-state index contributed by atoms with van der Waals surface area (Å²) in [6, 6.07) is 2.97. The van der Waals surface area contributed by atoms with Crippen LogP contribution in [0.5, 0.6) is 0 Å². The molecule has 7 heteroatoms. The molecule has 1 aromatic rings. The van der Waals surface area contributed by atoms with Crippen molar-refractivity contribution in [2.75, 3.05) is 25.1 Å². The Labute approximate surface area is 128 Å². The highest BCUT2D eigenvalue weighted by molar-refractivity contribution is 6.33. The molecule has 1 aromatic carbocycles. The van der Waals surface area contributed by atoms with Gasteiger partial charge in [0.1, 0.15) is 0 Å². The number of halogens is 1. The quantitative estimate of drug-likeness (QED) is 0.645. The van der Waals surface area contributed by atoms with Crippen molar-refractivity contribution in [3.63, 3.8) is 0 Å². The fourth-order valence-corrected chi connectivity index (χ4v) is 2.71. The minimum absolute atomic E-state index is 0.00414. The third-order valence-corrected chi connectivity index (χ3v) is 4.11. The SMILES string of the molecule is Cc1cc(NCC(O)C2CCOCC2)c(Cl)cc1[N+](=O)[O-]. The van der Waals surface area contributed by atoms with Gasteiger partial charge in [-0.15, -0.1) is 0 Å². The van der Waals surface area contributed by atoms with Crippen LogP contribution in [0.2, 0.25) is 5.02 Å². The number of aliphatic hydroxyl groups excluding tert-OH is 1. The van der Waals surface area contributed by atoms with E-state index in [0.29, 0.717) is 31.0 Å². The topological polar surface area (TPSA) is 84.6 Å². The lowest BCUT2D eigenvalue weighted by atomic mass is 9.94. The summed E-state index contributed by atoms with van der Waals surface area (Å²) in [7, 11) is 0. The molecule has 1 heterocycles. The molecular weight excluding hydrogens is 296 g/mol. The van der Waals surface area contributed by atoms with E-state index in [1.165, 1.54) is 6.07 Å². The molecule has 0 radical (unpaired) electrons. The van der Waals surface area contributed by atoms with Gasteiger partial charge in [0.05, 0.1) is 21.7 Å². The molecule has 1 aliphatic rings. The first-order valence-electron chi connectivity index (χ1n) is 6.93. The van der Waals surface area contributed by atoms with Crippen LogP contribution < -0.4 is 5.32 Å². The van der Waals surface area contributed by atoms with Crippen LogP contribution in [0.15, 0.2) is 12.1 Å². The van der Waals surface area contributed by atoms with Gasteiger partial charge in [0.15, 0.2) is 0 Å². The Morgan fingerprint density at radius 1 is 1.52 bits per heavy atom. The number of nitrogens with one attached hydrogen (secondary N) is 1. The van der Waals surface area contributed by atoms with E-state index >= 15 is 0 Å². The van der Waals surface area contributed by atoms with Gasteiger partial charge in [-0.25, -0.2) is 0 Å². The molecule has 0 saturated carbocycles. The zero-order valence-corrected chi connectivity index (χ0v) is 12.6. The largest absolute Gasteiger partial charge is 0.391 e. The number of nitrogens with zero attached hydrogens (tertiary/aromatic N) is 1. The van der Waals surface area contributed by atoms with E-state index < -0.39 is 11.0 Å². The Kier molecular flexibility index (Phi) is 5.39. The van der Waals surface area contributed by atoms with Crippen LogP contribution in [0.25, 0.3) is 0 Å². The summed E-state index contributed by atoms with van der Waals surface area (Å²) in [5.74, 6) is 0.212. The van der Waals surface area contributed by atoms with Gasteiger partial charge >= 0.3 is 0 Å². The van der Waals surface area contributed by atoms with E-state index in [1.807, 2.05) is 0 Å². The third kappa shape index (κ3) is 4.06. The lowest BCUT2D eigenvalue weighted by Crippen LogP contribution is -2.32. The molecule has 1 aliphatic heterocycles. The molecule has 1 atom stereocenters. The van der Waals surface area contributed by atoms with E-state index in [4.69, 9.17) is 16.3 Å². The molecule has 0 spiro atoms. The van der Waals surface area contributed by atoms with Gasteiger partial charge in [-0.3, -0.25) is 10.1 Å². The Bertz CT molecular complexity index is 518. The second-order valence-corrected chi connectivity index (χ2v) is 5.68. The number of aryl methyl sites for hydroxylation is 1. The zero-order valence-electron chi connectivity index (χ0n) is 11.8. The van der Waals surface area contributed by atoms with E-state index in [-0.39, 0.29) is 16.6 Å². The summed E-state index contributed by atoms with van der Waals surface area (Å²) in [6.07, 6.45) is 1.20. The molecule has 6 nitrogen and oxygen atoms in total. The van der Waals surface area contributed by atoms with Gasteiger partial charge < -0.3 is 15.2 Å². The summed E-state index contributed by atoms with van der Waals surface area (Å²) < 4.78 is 5.27. The first kappa shape index (κ1) is 16.0. The molecule has 0 aromatic heterocycles. The van der Waals surface area contributed by atoms with Crippen LogP contribution >= 0.6 is 11.6 Å². The van der Waals surface area contributed by atoms with Crippen LogP contribution in [-0.4, -0.2) is 35.9 Å². The first-order valence-corrected chi connectivity index (χ1v) is 7.31. The summed E-state index contributed by atoms with van der Waals surface area (Å²) in [4.78, 5) is 10.4. The number of anilines is 1. The molecular formula is C14H19ClN2O4. The smallest absolute Gasteiger partial charge is 0.273 e. The predicted molar refractivity (Wildman–Crippen MR) is 80.9 cm³/mol. The Hall–Kier alpha value is -1.37. The lowest BCUT2D eigenvalue weighted by Gasteiger charge is -2.27. The van der Waals surface area contributed by atoms with Gasteiger partial charge in [0, 0.05) is 31.4 Å². The monoisotopic (exact) mass is 314 g/mol. The number of aliphatic hydroxyl groups is 1. The van der Waals surface area contributed by atoms with Crippen LogP contribution in [-0.2, 0) is 4.74 Å². The molecule has 1 saturated heterocycles. The fourth-order valence-electron chi connectivity index (χ4n) is 2.48. The minimum atomic E-state index is -0.486. The van der Waals surface area contributed by atoms with Gasteiger partial charge in [0.2, 0.25) is 0 Å².